The fourth-order valence-electron chi connectivity index (χ4n) is 17.2. The Kier molecular flexibility index (Phi) is 32.5. The number of methoxy groups -OCH3 is 1. The minimum Gasteiger partial charge on any atom is -0.497 e. The molecule has 0 unspecified atom stereocenters. The summed E-state index contributed by atoms with van der Waals surface area (Å²) in [4.78, 5) is 90.1. The molecule has 0 aliphatic carbocycles. The number of hydrogen-bond acceptors (Lipinski definition) is 24. The molecule has 22 aromatic rings. The third-order valence-electron chi connectivity index (χ3n) is 24.2. The summed E-state index contributed by atoms with van der Waals surface area (Å²) in [7, 11) is 1.59. The first-order chi connectivity index (χ1) is 71.0. The number of anilines is 5. The van der Waals surface area contributed by atoms with E-state index in [4.69, 9.17) is 42.9 Å². The highest BCUT2D eigenvalue weighted by atomic mass is 35.5. The van der Waals surface area contributed by atoms with Crippen LogP contribution in [0.1, 0.15) is 70.4 Å². The quantitative estimate of drug-likeness (QED) is 0.00981. The van der Waals surface area contributed by atoms with Crippen LogP contribution < -0.4 is 74.4 Å². The lowest BCUT2D eigenvalue weighted by molar-refractivity contribution is 0.415. The average molecular weight is 2090 g/mol. The number of ether oxygens (including phenoxy) is 1. The molecule has 10 aromatic heterocycles. The second-order valence-electron chi connectivity index (χ2n) is 34.5. The van der Waals surface area contributed by atoms with Crippen molar-refractivity contribution in [3.05, 3.63) is 356 Å². The molecule has 0 atom stereocenters. The molecule has 0 amide bonds. The number of pyridine rings is 5. The highest BCUT2D eigenvalue weighted by Gasteiger charge is 2.24. The van der Waals surface area contributed by atoms with E-state index in [0.717, 1.165) is 130 Å². The number of nitrogens with zero attached hydrogens (tertiary/aromatic N) is 5. The summed E-state index contributed by atoms with van der Waals surface area (Å²) in [6.07, 6.45) is 6.08. The Balaban J connectivity index is 0.000000120. The Morgan fingerprint density at radius 3 is 0.781 bits per heavy atom. The van der Waals surface area contributed by atoms with E-state index < -0.39 is 40.7 Å². The standard InChI is InChI=1S/C23H14ClFN2OS.C23H14F2N2OS.C23H24FN3O2S.C22H21ClFN3OS.C22H21F2N3OS/c2*24-14-6-8-18-16(10-14)20-21(28)17-11-15(25)7-9-19(17)29-22(20)23(27-18)26-12-13-4-2-1-3-5-13;1-3-9-25-10-4-11-26-23-22-20(16-13-15(29-2)6-7-18(16)27-23)21(28)17-12-14(24)5-8-19(17)30-22;2*1-2-8-25-9-3-10-26-22-21-19(15-11-13(23)4-6-17(15)27-22)20(28)16-12-14(24)5-7-18(16)29-21/h2*1-11H,12H2,(H,26,27);5-8,12-13,25H,3-4,9-11H2,1-2H3,(H,26,27);2*4-7,11-12,25H,2-3,8-10H2,1H3,(H,26,27). The monoisotopic (exact) mass is 2090 g/mol. The van der Waals surface area contributed by atoms with Gasteiger partial charge in [0.1, 0.15) is 75.6 Å². The van der Waals surface area contributed by atoms with Gasteiger partial charge in [0.25, 0.3) is 0 Å². The average Bonchev–Trinajstić information content (AvgIpc) is 0.758. The van der Waals surface area contributed by atoms with Crippen LogP contribution in [0.15, 0.2) is 267 Å². The molecule has 12 aromatic carbocycles. The van der Waals surface area contributed by atoms with Gasteiger partial charge < -0.3 is 47.3 Å². The first-order valence-corrected chi connectivity index (χ1v) is 52.4. The van der Waals surface area contributed by atoms with Gasteiger partial charge in [0.05, 0.1) is 85.1 Å². The van der Waals surface area contributed by atoms with E-state index in [-0.39, 0.29) is 32.5 Å². The minimum absolute atomic E-state index is 0.188. The van der Waals surface area contributed by atoms with Gasteiger partial charge in [-0.3, -0.25) is 24.0 Å². The van der Waals surface area contributed by atoms with Crippen LogP contribution in [0.5, 0.6) is 5.75 Å². The van der Waals surface area contributed by atoms with Crippen molar-refractivity contribution in [2.45, 2.75) is 72.4 Å². The molecule has 146 heavy (non-hydrogen) atoms. The van der Waals surface area contributed by atoms with E-state index in [0.29, 0.717) is 186 Å². The maximum absolute atomic E-state index is 13.9. The number of hydrogen-bond donors (Lipinski definition) is 8. The zero-order valence-electron chi connectivity index (χ0n) is 79.2. The molecule has 10 heterocycles. The van der Waals surface area contributed by atoms with Crippen molar-refractivity contribution in [3.63, 3.8) is 0 Å². The van der Waals surface area contributed by atoms with Crippen molar-refractivity contribution in [2.24, 2.45) is 0 Å². The summed E-state index contributed by atoms with van der Waals surface area (Å²) in [5.41, 5.74) is 4.03. The number of nitrogens with one attached hydrogen (secondary N) is 8. The third kappa shape index (κ3) is 22.8. The van der Waals surface area contributed by atoms with Crippen molar-refractivity contribution in [1.29, 1.82) is 0 Å². The SMILES string of the molecule is CCCNCCCNc1nc2ccc(Cl)cc2c2c(=O)c3cc(F)ccc3sc12.CCCNCCCNc1nc2ccc(F)cc2c2c(=O)c3cc(F)ccc3sc12.CCCNCCCNc1nc2ccc(OC)cc2c2c(=O)c3cc(F)ccc3sc12.O=c1c2cc(F)ccc2sc2c(NCc3ccccc3)nc3ccc(Cl)cc3c12.O=c1c2cc(F)ccc2sc2c(NCc3ccccc3)nc3ccc(F)cc3c12. The van der Waals surface area contributed by atoms with E-state index in [1.54, 1.807) is 79.9 Å². The summed E-state index contributed by atoms with van der Waals surface area (Å²) in [5, 5.41) is 35.0. The molecule has 740 valence electrons. The smallest absolute Gasteiger partial charge is 0.196 e. The molecule has 0 spiro atoms. The second-order valence-corrected chi connectivity index (χ2v) is 40.6. The third-order valence-corrected chi connectivity index (χ3v) is 30.6. The molecule has 0 saturated carbocycles. The van der Waals surface area contributed by atoms with Crippen LogP contribution in [-0.2, 0) is 13.1 Å². The molecule has 0 saturated heterocycles. The van der Waals surface area contributed by atoms with Crippen molar-refractivity contribution in [2.75, 3.05) is 92.6 Å². The molecule has 22 rings (SSSR count). The first-order valence-electron chi connectivity index (χ1n) is 47.5. The van der Waals surface area contributed by atoms with Crippen molar-refractivity contribution < 1.29 is 35.5 Å². The van der Waals surface area contributed by atoms with E-state index >= 15 is 0 Å². The van der Waals surface area contributed by atoms with Gasteiger partial charge in [0.2, 0.25) is 0 Å². The van der Waals surface area contributed by atoms with Crippen LogP contribution in [0.3, 0.4) is 0 Å². The molecular formula is C113H94Cl2F7N13O6S5. The lowest BCUT2D eigenvalue weighted by Gasteiger charge is -2.13. The topological polar surface area (TPSA) is 255 Å². The fraction of sp³-hybridized carbons (Fsp3) is 0.186. The lowest BCUT2D eigenvalue weighted by Crippen LogP contribution is -2.19. The van der Waals surface area contributed by atoms with Gasteiger partial charge in [-0.15, -0.1) is 56.7 Å². The van der Waals surface area contributed by atoms with Crippen LogP contribution in [-0.4, -0.2) is 90.9 Å². The predicted octanol–water partition coefficient (Wildman–Crippen LogP) is 27.7. The summed E-state index contributed by atoms with van der Waals surface area (Å²) in [6, 6.07) is 65.6. The Labute approximate surface area is 860 Å². The van der Waals surface area contributed by atoms with Gasteiger partial charge in [0, 0.05) is 120 Å². The van der Waals surface area contributed by atoms with Gasteiger partial charge in [-0.05, 0) is 271 Å². The molecule has 0 fully saturated rings. The van der Waals surface area contributed by atoms with Crippen molar-refractivity contribution >= 4 is 264 Å². The van der Waals surface area contributed by atoms with Crippen LogP contribution in [0.25, 0.3) is 155 Å². The number of halogens is 9. The van der Waals surface area contributed by atoms with Gasteiger partial charge in [0.15, 0.2) is 27.1 Å². The predicted molar refractivity (Wildman–Crippen MR) is 597 cm³/mol. The number of benzene rings is 12. The maximum Gasteiger partial charge on any atom is 0.196 e. The molecule has 33 heteroatoms. The van der Waals surface area contributed by atoms with Crippen molar-refractivity contribution in [3.8, 4) is 5.75 Å². The van der Waals surface area contributed by atoms with E-state index in [1.165, 1.54) is 142 Å². The fourth-order valence-corrected chi connectivity index (χ4v) is 23.3. The van der Waals surface area contributed by atoms with E-state index in [1.807, 2.05) is 84.9 Å². The van der Waals surface area contributed by atoms with E-state index in [2.05, 4.69) is 73.3 Å². The number of aromatic nitrogens is 5. The number of rotatable bonds is 28. The highest BCUT2D eigenvalue weighted by Crippen LogP contribution is 2.43. The zero-order chi connectivity index (χ0) is 102. The summed E-state index contributed by atoms with van der Waals surface area (Å²) < 4.78 is 109. The Morgan fingerprint density at radius 2 is 0.507 bits per heavy atom. The van der Waals surface area contributed by atoms with Crippen LogP contribution in [0, 0.1) is 40.7 Å². The second kappa shape index (κ2) is 46.5. The Morgan fingerprint density at radius 1 is 0.267 bits per heavy atom. The molecule has 0 radical (unpaired) electrons. The van der Waals surface area contributed by atoms with Gasteiger partial charge in [-0.2, -0.15) is 0 Å². The Bertz CT molecular complexity index is 8680. The first kappa shape index (κ1) is 102. The van der Waals surface area contributed by atoms with Crippen LogP contribution >= 0.6 is 79.9 Å². The summed E-state index contributed by atoms with van der Waals surface area (Å²) in [6.45, 7) is 15.4. The number of fused-ring (bicyclic) bond motifs is 20. The summed E-state index contributed by atoms with van der Waals surface area (Å²) in [5.74, 6) is 0.696. The molecular weight excluding hydrogens is 2000 g/mol. The molecule has 19 nitrogen and oxygen atoms in total. The van der Waals surface area contributed by atoms with E-state index in [9.17, 15) is 54.7 Å². The normalized spacial score (nSPS) is 11.5. The maximum atomic E-state index is 13.9. The minimum atomic E-state index is -0.479. The van der Waals surface area contributed by atoms with Crippen LogP contribution in [0.4, 0.5) is 59.8 Å². The Hall–Kier alpha value is -14.1. The molecule has 8 N–H and O–H groups in total. The molecule has 0 aliphatic rings. The lowest BCUT2D eigenvalue weighted by atomic mass is 10.1. The molecule has 0 bridgehead atoms. The van der Waals surface area contributed by atoms with Gasteiger partial charge in [-0.25, -0.2) is 55.7 Å². The summed E-state index contributed by atoms with van der Waals surface area (Å²) >= 11 is 19.4. The zero-order valence-corrected chi connectivity index (χ0v) is 84.8. The van der Waals surface area contributed by atoms with Crippen molar-refractivity contribution in [1.82, 2.24) is 40.9 Å². The van der Waals surface area contributed by atoms with Crippen LogP contribution in [0.2, 0.25) is 10.0 Å². The highest BCUT2D eigenvalue weighted by molar-refractivity contribution is 7.27. The van der Waals surface area contributed by atoms with Gasteiger partial charge in [-0.1, -0.05) is 105 Å². The van der Waals surface area contributed by atoms with Gasteiger partial charge >= 0.3 is 0 Å². The largest absolute Gasteiger partial charge is 0.497 e. The molecule has 0 aliphatic heterocycles.